The van der Waals surface area contributed by atoms with Crippen LogP contribution in [-0.4, -0.2) is 36.6 Å². The summed E-state index contributed by atoms with van der Waals surface area (Å²) in [5, 5.41) is 13.1. The zero-order valence-corrected chi connectivity index (χ0v) is 11.9. The Labute approximate surface area is 112 Å². The van der Waals surface area contributed by atoms with E-state index < -0.39 is 0 Å². The molecule has 2 saturated carbocycles. The van der Waals surface area contributed by atoms with E-state index in [-0.39, 0.29) is 5.54 Å². The summed E-state index contributed by atoms with van der Waals surface area (Å²) in [4.78, 5) is 2.45. The van der Waals surface area contributed by atoms with Gasteiger partial charge in [-0.3, -0.25) is 5.32 Å². The van der Waals surface area contributed by atoms with Gasteiger partial charge in [0.2, 0.25) is 0 Å². The van der Waals surface area contributed by atoms with Gasteiger partial charge in [0.15, 0.2) is 0 Å². The highest BCUT2D eigenvalue weighted by Gasteiger charge is 2.46. The molecule has 1 N–H and O–H groups in total. The molecule has 102 valence electrons. The first-order valence-electron chi connectivity index (χ1n) is 7.58. The summed E-state index contributed by atoms with van der Waals surface area (Å²) in [5.41, 5.74) is -0.291. The summed E-state index contributed by atoms with van der Waals surface area (Å²) in [6, 6.07) is 3.29. The third kappa shape index (κ3) is 3.05. The second-order valence-corrected chi connectivity index (χ2v) is 6.09. The van der Waals surface area contributed by atoms with Crippen LogP contribution in [0.1, 0.15) is 51.9 Å². The Hall–Kier alpha value is -0.590. The van der Waals surface area contributed by atoms with Crippen LogP contribution in [0.3, 0.4) is 0 Å². The molecule has 0 bridgehead atoms. The van der Waals surface area contributed by atoms with Crippen molar-refractivity contribution in [3.8, 4) is 6.07 Å². The third-order valence-corrected chi connectivity index (χ3v) is 4.66. The Balaban J connectivity index is 1.97. The van der Waals surface area contributed by atoms with Gasteiger partial charge >= 0.3 is 0 Å². The molecule has 18 heavy (non-hydrogen) atoms. The summed E-state index contributed by atoms with van der Waals surface area (Å²) >= 11 is 0. The maximum Gasteiger partial charge on any atom is 0.122 e. The fourth-order valence-corrected chi connectivity index (χ4v) is 3.43. The van der Waals surface area contributed by atoms with E-state index in [4.69, 9.17) is 0 Å². The number of likely N-dealkylation sites (N-methyl/N-ethyl adjacent to an activating group) is 2. The second-order valence-electron chi connectivity index (χ2n) is 6.09. The average molecular weight is 249 g/mol. The summed E-state index contributed by atoms with van der Waals surface area (Å²) in [7, 11) is 2.21. The van der Waals surface area contributed by atoms with Gasteiger partial charge in [0.05, 0.1) is 6.07 Å². The lowest BCUT2D eigenvalue weighted by molar-refractivity contribution is 0.147. The van der Waals surface area contributed by atoms with Gasteiger partial charge in [0, 0.05) is 12.6 Å². The molecule has 0 radical (unpaired) electrons. The van der Waals surface area contributed by atoms with Gasteiger partial charge in [-0.15, -0.1) is 0 Å². The summed E-state index contributed by atoms with van der Waals surface area (Å²) in [6.07, 6.45) is 9.18. The Kier molecular flexibility index (Phi) is 4.64. The smallest absolute Gasteiger partial charge is 0.122 e. The first kappa shape index (κ1) is 13.8. The highest BCUT2D eigenvalue weighted by molar-refractivity contribution is 5.16. The van der Waals surface area contributed by atoms with E-state index in [0.717, 1.165) is 13.1 Å². The number of rotatable bonds is 6. The number of nitriles is 1. The predicted molar refractivity (Wildman–Crippen MR) is 74.2 cm³/mol. The van der Waals surface area contributed by atoms with Gasteiger partial charge in [-0.1, -0.05) is 26.2 Å². The zero-order valence-electron chi connectivity index (χ0n) is 11.9. The van der Waals surface area contributed by atoms with Crippen LogP contribution < -0.4 is 5.32 Å². The topological polar surface area (TPSA) is 39.1 Å². The second kappa shape index (κ2) is 6.04. The van der Waals surface area contributed by atoms with E-state index in [2.05, 4.69) is 30.3 Å². The third-order valence-electron chi connectivity index (χ3n) is 4.66. The summed E-state index contributed by atoms with van der Waals surface area (Å²) in [5.74, 6) is 0.577. The molecule has 0 aromatic heterocycles. The number of nitrogens with one attached hydrogen (secondary N) is 1. The van der Waals surface area contributed by atoms with Crippen molar-refractivity contribution in [2.24, 2.45) is 5.92 Å². The minimum atomic E-state index is -0.291. The Morgan fingerprint density at radius 3 is 2.39 bits per heavy atom. The van der Waals surface area contributed by atoms with E-state index in [1.807, 2.05) is 0 Å². The van der Waals surface area contributed by atoms with Crippen LogP contribution in [0, 0.1) is 17.2 Å². The lowest BCUT2D eigenvalue weighted by Gasteiger charge is -2.38. The highest BCUT2D eigenvalue weighted by atomic mass is 15.2. The molecule has 2 rings (SSSR count). The number of hydrogen-bond donors (Lipinski definition) is 1. The minimum absolute atomic E-state index is 0.291. The van der Waals surface area contributed by atoms with Crippen molar-refractivity contribution in [1.29, 1.82) is 5.26 Å². The Bertz CT molecular complexity index is 299. The molecule has 2 aliphatic carbocycles. The molecular weight excluding hydrogens is 222 g/mol. The lowest BCUT2D eigenvalue weighted by atomic mass is 9.90. The monoisotopic (exact) mass is 249 g/mol. The van der Waals surface area contributed by atoms with Crippen molar-refractivity contribution in [2.75, 3.05) is 20.1 Å². The number of hydrogen-bond acceptors (Lipinski definition) is 3. The largest absolute Gasteiger partial charge is 0.301 e. The first-order valence-corrected chi connectivity index (χ1v) is 7.58. The molecule has 0 amide bonds. The number of nitrogens with zero attached hydrogens (tertiary/aromatic N) is 2. The molecule has 3 nitrogen and oxygen atoms in total. The van der Waals surface area contributed by atoms with E-state index in [0.29, 0.717) is 12.0 Å². The zero-order chi connectivity index (χ0) is 13.0. The van der Waals surface area contributed by atoms with Gasteiger partial charge in [-0.25, -0.2) is 0 Å². The molecule has 1 atom stereocenters. The van der Waals surface area contributed by atoms with Crippen LogP contribution in [0.15, 0.2) is 0 Å². The van der Waals surface area contributed by atoms with Crippen LogP contribution in [-0.2, 0) is 0 Å². The van der Waals surface area contributed by atoms with Gasteiger partial charge in [-0.2, -0.15) is 5.26 Å². The van der Waals surface area contributed by atoms with Crippen molar-refractivity contribution in [2.45, 2.75) is 63.5 Å². The molecule has 0 aliphatic heterocycles. The Morgan fingerprint density at radius 1 is 1.22 bits per heavy atom. The van der Waals surface area contributed by atoms with E-state index in [1.165, 1.54) is 44.9 Å². The molecule has 0 aromatic carbocycles. The van der Waals surface area contributed by atoms with Crippen LogP contribution in [0.2, 0.25) is 0 Å². The maximum absolute atomic E-state index is 9.63. The van der Waals surface area contributed by atoms with Crippen molar-refractivity contribution in [3.05, 3.63) is 0 Å². The van der Waals surface area contributed by atoms with Crippen LogP contribution in [0.4, 0.5) is 0 Å². The van der Waals surface area contributed by atoms with Crippen molar-refractivity contribution >= 4 is 0 Å². The first-order chi connectivity index (χ1) is 8.72. The van der Waals surface area contributed by atoms with E-state index in [9.17, 15) is 5.26 Å². The molecule has 3 heteroatoms. The maximum atomic E-state index is 9.63. The van der Waals surface area contributed by atoms with Gasteiger partial charge in [0.1, 0.15) is 5.54 Å². The van der Waals surface area contributed by atoms with Crippen molar-refractivity contribution in [3.63, 3.8) is 0 Å². The van der Waals surface area contributed by atoms with Gasteiger partial charge in [-0.05, 0) is 45.2 Å². The van der Waals surface area contributed by atoms with Crippen LogP contribution >= 0.6 is 0 Å². The van der Waals surface area contributed by atoms with Crippen molar-refractivity contribution < 1.29 is 0 Å². The fraction of sp³-hybridized carbons (Fsp3) is 0.933. The molecule has 0 spiro atoms. The lowest BCUT2D eigenvalue weighted by Crippen LogP contribution is -2.55. The summed E-state index contributed by atoms with van der Waals surface area (Å²) < 4.78 is 0. The fourth-order valence-electron chi connectivity index (χ4n) is 3.43. The average Bonchev–Trinajstić information content (AvgIpc) is 3.24. The standard InChI is InChI=1S/C15H27N3/c1-3-17-15(11-16,13-9-10-13)12-18(2)14-7-5-4-6-8-14/h13-14,17H,3-10,12H2,1-2H3. The molecular formula is C15H27N3. The SMILES string of the molecule is CCNC(C#N)(CN(C)C1CCCCC1)C1CC1. The predicted octanol–water partition coefficient (Wildman–Crippen LogP) is 2.53. The van der Waals surface area contributed by atoms with Crippen LogP contribution in [0.5, 0.6) is 0 Å². The molecule has 0 heterocycles. The minimum Gasteiger partial charge on any atom is -0.301 e. The summed E-state index contributed by atoms with van der Waals surface area (Å²) in [6.45, 7) is 3.89. The van der Waals surface area contributed by atoms with Gasteiger partial charge < -0.3 is 4.90 Å². The molecule has 0 aromatic rings. The molecule has 1 unspecified atom stereocenters. The molecule has 2 aliphatic rings. The van der Waals surface area contributed by atoms with E-state index in [1.54, 1.807) is 0 Å². The van der Waals surface area contributed by atoms with Crippen molar-refractivity contribution in [1.82, 2.24) is 10.2 Å². The Morgan fingerprint density at radius 2 is 1.89 bits per heavy atom. The highest BCUT2D eigenvalue weighted by Crippen LogP contribution is 2.40. The molecule has 2 fully saturated rings. The molecule has 0 saturated heterocycles. The van der Waals surface area contributed by atoms with Gasteiger partial charge in [0.25, 0.3) is 0 Å². The normalized spacial score (nSPS) is 24.8. The quantitative estimate of drug-likeness (QED) is 0.786. The van der Waals surface area contributed by atoms with E-state index >= 15 is 0 Å². The van der Waals surface area contributed by atoms with Crippen LogP contribution in [0.25, 0.3) is 0 Å².